The fourth-order valence-electron chi connectivity index (χ4n) is 2.05. The Labute approximate surface area is 105 Å². The summed E-state index contributed by atoms with van der Waals surface area (Å²) in [6.45, 7) is 2.86. The van der Waals surface area contributed by atoms with Crippen molar-refractivity contribution in [1.82, 2.24) is 15.5 Å². The second kappa shape index (κ2) is 4.87. The van der Waals surface area contributed by atoms with Gasteiger partial charge in [-0.15, -0.1) is 5.10 Å². The van der Waals surface area contributed by atoms with Crippen molar-refractivity contribution in [3.63, 3.8) is 0 Å². The number of rotatable bonds is 2. The van der Waals surface area contributed by atoms with Crippen LogP contribution in [0.25, 0.3) is 0 Å². The smallest absolute Gasteiger partial charge is 0.223 e. The Morgan fingerprint density at radius 2 is 2.35 bits per heavy atom. The van der Waals surface area contributed by atoms with Gasteiger partial charge in [0, 0.05) is 24.9 Å². The minimum Gasteiger partial charge on any atom is -0.382 e. The van der Waals surface area contributed by atoms with Crippen LogP contribution in [0, 0.1) is 11.8 Å². The van der Waals surface area contributed by atoms with E-state index in [4.69, 9.17) is 17.3 Å². The molecule has 92 valence electrons. The third-order valence-electron chi connectivity index (χ3n) is 2.96. The van der Waals surface area contributed by atoms with Gasteiger partial charge in [-0.25, -0.2) is 0 Å². The third kappa shape index (κ3) is 2.85. The van der Waals surface area contributed by atoms with Crippen molar-refractivity contribution < 1.29 is 4.79 Å². The lowest BCUT2D eigenvalue weighted by Gasteiger charge is -2.26. The van der Waals surface area contributed by atoms with Gasteiger partial charge in [0.2, 0.25) is 5.91 Å². The molecule has 1 aromatic heterocycles. The van der Waals surface area contributed by atoms with Crippen molar-refractivity contribution in [3.8, 4) is 0 Å². The molecule has 2 heterocycles. The number of nitrogens with two attached hydrogens (primary N) is 1. The minimum atomic E-state index is -0.0748. The second-order valence-corrected chi connectivity index (χ2v) is 4.96. The van der Waals surface area contributed by atoms with Gasteiger partial charge in [0.1, 0.15) is 5.82 Å². The molecule has 17 heavy (non-hydrogen) atoms. The van der Waals surface area contributed by atoms with Crippen LogP contribution >= 0.6 is 11.6 Å². The molecular weight excluding hydrogens is 240 g/mol. The van der Waals surface area contributed by atoms with E-state index >= 15 is 0 Å². The van der Waals surface area contributed by atoms with E-state index in [1.165, 1.54) is 0 Å². The van der Waals surface area contributed by atoms with Crippen molar-refractivity contribution in [2.75, 3.05) is 12.3 Å². The Hall–Kier alpha value is -1.36. The van der Waals surface area contributed by atoms with Crippen LogP contribution in [0.15, 0.2) is 6.07 Å². The second-order valence-electron chi connectivity index (χ2n) is 4.55. The SMILES string of the molecule is CC1CNC(=O)C(Cc2nnc(N)cc2Cl)C1. The molecule has 6 heteroatoms. The van der Waals surface area contributed by atoms with Gasteiger partial charge in [-0.05, 0) is 12.3 Å². The highest BCUT2D eigenvalue weighted by Crippen LogP contribution is 2.24. The van der Waals surface area contributed by atoms with E-state index in [9.17, 15) is 4.79 Å². The summed E-state index contributed by atoms with van der Waals surface area (Å²) >= 11 is 6.02. The Morgan fingerprint density at radius 1 is 1.59 bits per heavy atom. The number of amides is 1. The number of nitrogen functional groups attached to an aromatic ring is 1. The van der Waals surface area contributed by atoms with Gasteiger partial charge in [0.25, 0.3) is 0 Å². The molecule has 0 aliphatic carbocycles. The highest BCUT2D eigenvalue weighted by Gasteiger charge is 2.27. The zero-order valence-corrected chi connectivity index (χ0v) is 10.4. The number of hydrogen-bond donors (Lipinski definition) is 2. The largest absolute Gasteiger partial charge is 0.382 e. The van der Waals surface area contributed by atoms with Gasteiger partial charge in [-0.2, -0.15) is 5.10 Å². The predicted molar refractivity (Wildman–Crippen MR) is 65.4 cm³/mol. The molecule has 1 aliphatic rings. The molecule has 2 rings (SSSR count). The number of carbonyl (C=O) groups excluding carboxylic acids is 1. The van der Waals surface area contributed by atoms with Crippen LogP contribution in [0.1, 0.15) is 19.0 Å². The standard InChI is InChI=1S/C11H15ClN4O/c1-6-2-7(11(17)14-5-6)3-9-8(12)4-10(13)16-15-9/h4,6-7H,2-3,5H2,1H3,(H2,13,16)(H,14,17). The van der Waals surface area contributed by atoms with E-state index in [2.05, 4.69) is 22.4 Å². The van der Waals surface area contributed by atoms with Crippen molar-refractivity contribution in [1.29, 1.82) is 0 Å². The molecule has 0 aromatic carbocycles. The first-order chi connectivity index (χ1) is 8.06. The summed E-state index contributed by atoms with van der Waals surface area (Å²) in [5.74, 6) is 0.769. The summed E-state index contributed by atoms with van der Waals surface area (Å²) in [4.78, 5) is 11.7. The quantitative estimate of drug-likeness (QED) is 0.826. The maximum atomic E-state index is 11.7. The first-order valence-corrected chi connectivity index (χ1v) is 5.99. The zero-order chi connectivity index (χ0) is 12.4. The molecule has 0 spiro atoms. The van der Waals surface area contributed by atoms with Gasteiger partial charge >= 0.3 is 0 Å². The average Bonchev–Trinajstić information content (AvgIpc) is 2.27. The molecule has 1 fully saturated rings. The van der Waals surface area contributed by atoms with Crippen LogP contribution < -0.4 is 11.1 Å². The summed E-state index contributed by atoms with van der Waals surface area (Å²) in [7, 11) is 0. The molecule has 1 aliphatic heterocycles. The fraction of sp³-hybridized carbons (Fsp3) is 0.545. The normalized spacial score (nSPS) is 24.5. The number of carbonyl (C=O) groups is 1. The number of aromatic nitrogens is 2. The van der Waals surface area contributed by atoms with Crippen molar-refractivity contribution >= 4 is 23.3 Å². The third-order valence-corrected chi connectivity index (χ3v) is 3.29. The molecule has 1 saturated heterocycles. The Balaban J connectivity index is 2.11. The summed E-state index contributed by atoms with van der Waals surface area (Å²) < 4.78 is 0. The molecule has 1 amide bonds. The molecule has 0 bridgehead atoms. The predicted octanol–water partition coefficient (Wildman–Crippen LogP) is 1.03. The minimum absolute atomic E-state index is 0.0674. The molecule has 2 atom stereocenters. The Bertz CT molecular complexity index is 437. The number of hydrogen-bond acceptors (Lipinski definition) is 4. The van der Waals surface area contributed by atoms with E-state index in [1.807, 2.05) is 0 Å². The van der Waals surface area contributed by atoms with Crippen LogP contribution in [0.5, 0.6) is 0 Å². The summed E-state index contributed by atoms with van der Waals surface area (Å²) in [6, 6.07) is 1.56. The highest BCUT2D eigenvalue weighted by molar-refractivity contribution is 6.31. The Kier molecular flexibility index (Phi) is 3.47. The maximum Gasteiger partial charge on any atom is 0.223 e. The van der Waals surface area contributed by atoms with Gasteiger partial charge in [0.05, 0.1) is 10.7 Å². The summed E-state index contributed by atoms with van der Waals surface area (Å²) in [5, 5.41) is 11.1. The van der Waals surface area contributed by atoms with Crippen LogP contribution in [0.2, 0.25) is 5.02 Å². The van der Waals surface area contributed by atoms with Crippen LogP contribution in [0.4, 0.5) is 5.82 Å². The van der Waals surface area contributed by atoms with Gasteiger partial charge < -0.3 is 11.1 Å². The number of halogens is 1. The number of nitrogens with zero attached hydrogens (tertiary/aromatic N) is 2. The van der Waals surface area contributed by atoms with Crippen LogP contribution in [0.3, 0.4) is 0 Å². The van der Waals surface area contributed by atoms with Crippen LogP contribution in [-0.4, -0.2) is 22.6 Å². The number of anilines is 1. The first-order valence-electron chi connectivity index (χ1n) is 5.61. The van der Waals surface area contributed by atoms with Crippen LogP contribution in [-0.2, 0) is 11.2 Å². The van der Waals surface area contributed by atoms with Gasteiger partial charge in [0.15, 0.2) is 0 Å². The van der Waals surface area contributed by atoms with E-state index < -0.39 is 0 Å². The number of nitrogens with one attached hydrogen (secondary N) is 1. The summed E-state index contributed by atoms with van der Waals surface area (Å²) in [6.07, 6.45) is 1.37. The Morgan fingerprint density at radius 3 is 3.06 bits per heavy atom. The molecule has 0 saturated carbocycles. The fourth-order valence-corrected chi connectivity index (χ4v) is 2.28. The molecular formula is C11H15ClN4O. The van der Waals surface area contributed by atoms with Gasteiger partial charge in [-0.1, -0.05) is 18.5 Å². The van der Waals surface area contributed by atoms with E-state index in [-0.39, 0.29) is 11.8 Å². The lowest BCUT2D eigenvalue weighted by atomic mass is 9.88. The molecule has 1 aromatic rings. The van der Waals surface area contributed by atoms with Gasteiger partial charge in [-0.3, -0.25) is 4.79 Å². The highest BCUT2D eigenvalue weighted by atomic mass is 35.5. The van der Waals surface area contributed by atoms with Crippen molar-refractivity contribution in [2.24, 2.45) is 11.8 Å². The van der Waals surface area contributed by atoms with Crippen molar-refractivity contribution in [3.05, 3.63) is 16.8 Å². The summed E-state index contributed by atoms with van der Waals surface area (Å²) in [5.41, 5.74) is 6.11. The molecule has 5 nitrogen and oxygen atoms in total. The van der Waals surface area contributed by atoms with Crippen molar-refractivity contribution in [2.45, 2.75) is 19.8 Å². The molecule has 3 N–H and O–H groups in total. The zero-order valence-electron chi connectivity index (χ0n) is 9.61. The average molecular weight is 255 g/mol. The van der Waals surface area contributed by atoms with E-state index in [0.29, 0.717) is 28.9 Å². The number of piperidine rings is 1. The molecule has 2 unspecified atom stereocenters. The van der Waals surface area contributed by atoms with E-state index in [1.54, 1.807) is 6.07 Å². The first kappa shape index (κ1) is 12.1. The van der Waals surface area contributed by atoms with E-state index in [0.717, 1.165) is 13.0 Å². The maximum absolute atomic E-state index is 11.7. The lowest BCUT2D eigenvalue weighted by Crippen LogP contribution is -2.41. The molecule has 0 radical (unpaired) electrons. The monoisotopic (exact) mass is 254 g/mol. The lowest BCUT2D eigenvalue weighted by molar-refractivity contribution is -0.127. The topological polar surface area (TPSA) is 80.9 Å².